The second kappa shape index (κ2) is 4.83. The SMILES string of the molecule is Cc1cc(C)c(C(=O)O)c(NC2CCCC2(C)C)n1. The summed E-state index contributed by atoms with van der Waals surface area (Å²) in [6.07, 6.45) is 3.41. The first-order valence-electron chi connectivity index (χ1n) is 6.79. The Hall–Kier alpha value is -1.58. The zero-order valence-electron chi connectivity index (χ0n) is 12.1. The number of aromatic carboxylic acids is 1. The third-order valence-corrected chi connectivity index (χ3v) is 4.13. The molecule has 1 aliphatic carbocycles. The molecule has 1 aliphatic rings. The minimum atomic E-state index is -0.914. The lowest BCUT2D eigenvalue weighted by Gasteiger charge is -2.29. The molecule has 0 bridgehead atoms. The fourth-order valence-corrected chi connectivity index (χ4v) is 2.97. The fraction of sp³-hybridized carbons (Fsp3) is 0.600. The van der Waals surface area contributed by atoms with Crippen LogP contribution in [0.1, 0.15) is 54.7 Å². The molecule has 0 radical (unpaired) electrons. The maximum atomic E-state index is 11.4. The van der Waals surface area contributed by atoms with Crippen molar-refractivity contribution in [1.29, 1.82) is 0 Å². The van der Waals surface area contributed by atoms with Crippen molar-refractivity contribution in [3.8, 4) is 0 Å². The Labute approximate surface area is 114 Å². The predicted octanol–water partition coefficient (Wildman–Crippen LogP) is 3.39. The molecule has 1 heterocycles. The van der Waals surface area contributed by atoms with Crippen LogP contribution in [-0.2, 0) is 0 Å². The third-order valence-electron chi connectivity index (χ3n) is 4.13. The summed E-state index contributed by atoms with van der Waals surface area (Å²) in [5.74, 6) is -0.395. The van der Waals surface area contributed by atoms with Crippen LogP contribution in [0.25, 0.3) is 0 Å². The van der Waals surface area contributed by atoms with Crippen molar-refractivity contribution in [1.82, 2.24) is 4.98 Å². The Kier molecular flexibility index (Phi) is 3.52. The molecule has 2 rings (SSSR count). The fourth-order valence-electron chi connectivity index (χ4n) is 2.97. The smallest absolute Gasteiger partial charge is 0.339 e. The van der Waals surface area contributed by atoms with Gasteiger partial charge in [0.15, 0.2) is 0 Å². The zero-order valence-corrected chi connectivity index (χ0v) is 12.1. The molecule has 1 fully saturated rings. The van der Waals surface area contributed by atoms with Crippen molar-refractivity contribution >= 4 is 11.8 Å². The lowest BCUT2D eigenvalue weighted by Crippen LogP contribution is -2.32. The summed E-state index contributed by atoms with van der Waals surface area (Å²) in [6.45, 7) is 8.16. The van der Waals surface area contributed by atoms with Crippen molar-refractivity contribution in [3.63, 3.8) is 0 Å². The maximum Gasteiger partial charge on any atom is 0.339 e. The van der Waals surface area contributed by atoms with E-state index in [1.165, 1.54) is 6.42 Å². The Morgan fingerprint density at radius 3 is 2.68 bits per heavy atom. The molecule has 104 valence electrons. The van der Waals surface area contributed by atoms with Gasteiger partial charge in [0, 0.05) is 11.7 Å². The zero-order chi connectivity index (χ0) is 14.2. The van der Waals surface area contributed by atoms with Crippen LogP contribution in [-0.4, -0.2) is 22.1 Å². The molecule has 2 N–H and O–H groups in total. The van der Waals surface area contributed by atoms with E-state index >= 15 is 0 Å². The Bertz CT molecular complexity index is 509. The van der Waals surface area contributed by atoms with E-state index in [0.29, 0.717) is 17.4 Å². The first kappa shape index (κ1) is 13.8. The monoisotopic (exact) mass is 262 g/mol. The molecule has 0 saturated heterocycles. The third kappa shape index (κ3) is 2.72. The number of carbonyl (C=O) groups is 1. The Morgan fingerprint density at radius 1 is 1.47 bits per heavy atom. The molecule has 4 nitrogen and oxygen atoms in total. The van der Waals surface area contributed by atoms with Gasteiger partial charge in [-0.25, -0.2) is 9.78 Å². The predicted molar refractivity (Wildman–Crippen MR) is 75.7 cm³/mol. The van der Waals surface area contributed by atoms with Crippen LogP contribution in [0.15, 0.2) is 6.07 Å². The molecule has 0 aromatic carbocycles. The van der Waals surface area contributed by atoms with Gasteiger partial charge in [0.05, 0.1) is 0 Å². The van der Waals surface area contributed by atoms with E-state index in [4.69, 9.17) is 0 Å². The van der Waals surface area contributed by atoms with Crippen molar-refractivity contribution in [2.45, 2.75) is 53.0 Å². The number of nitrogens with one attached hydrogen (secondary N) is 1. The number of pyridine rings is 1. The number of rotatable bonds is 3. The standard InChI is InChI=1S/C15H22N2O2/c1-9-8-10(2)16-13(12(9)14(18)19)17-11-6-5-7-15(11,3)4/h8,11H,5-7H2,1-4H3,(H,16,17)(H,18,19). The van der Waals surface area contributed by atoms with Crippen LogP contribution >= 0.6 is 0 Å². The quantitative estimate of drug-likeness (QED) is 0.876. The molecular formula is C15H22N2O2. The minimum Gasteiger partial charge on any atom is -0.478 e. The molecule has 1 atom stereocenters. The number of hydrogen-bond donors (Lipinski definition) is 2. The highest BCUT2D eigenvalue weighted by Crippen LogP contribution is 2.39. The molecule has 1 saturated carbocycles. The van der Waals surface area contributed by atoms with Gasteiger partial charge in [0.25, 0.3) is 0 Å². The molecule has 1 unspecified atom stereocenters. The molecule has 0 aliphatic heterocycles. The van der Waals surface area contributed by atoms with Crippen molar-refractivity contribution in [2.75, 3.05) is 5.32 Å². The first-order chi connectivity index (χ1) is 8.81. The van der Waals surface area contributed by atoms with Gasteiger partial charge < -0.3 is 10.4 Å². The van der Waals surface area contributed by atoms with E-state index in [1.54, 1.807) is 0 Å². The molecule has 1 aromatic rings. The van der Waals surface area contributed by atoms with Crippen LogP contribution < -0.4 is 5.32 Å². The average molecular weight is 262 g/mol. The number of carboxylic acid groups (broad SMARTS) is 1. The topological polar surface area (TPSA) is 62.2 Å². The van der Waals surface area contributed by atoms with E-state index in [0.717, 1.165) is 24.1 Å². The highest BCUT2D eigenvalue weighted by atomic mass is 16.4. The van der Waals surface area contributed by atoms with Gasteiger partial charge in [-0.05, 0) is 43.7 Å². The van der Waals surface area contributed by atoms with Crippen molar-refractivity contribution in [3.05, 3.63) is 22.9 Å². The Morgan fingerprint density at radius 2 is 2.16 bits per heavy atom. The number of aryl methyl sites for hydroxylation is 2. The van der Waals surface area contributed by atoms with Crippen LogP contribution in [0.5, 0.6) is 0 Å². The minimum absolute atomic E-state index is 0.190. The van der Waals surface area contributed by atoms with Crippen molar-refractivity contribution in [2.24, 2.45) is 5.41 Å². The van der Waals surface area contributed by atoms with Crippen LogP contribution in [0.2, 0.25) is 0 Å². The number of hydrogen-bond acceptors (Lipinski definition) is 3. The summed E-state index contributed by atoms with van der Waals surface area (Å²) in [5, 5.41) is 12.7. The van der Waals surface area contributed by atoms with Gasteiger partial charge in [0.2, 0.25) is 0 Å². The van der Waals surface area contributed by atoms with Gasteiger partial charge >= 0.3 is 5.97 Å². The molecule has 1 aromatic heterocycles. The number of anilines is 1. The number of nitrogens with zero attached hydrogens (tertiary/aromatic N) is 1. The number of carboxylic acids is 1. The normalized spacial score (nSPS) is 21.4. The molecule has 19 heavy (non-hydrogen) atoms. The lowest BCUT2D eigenvalue weighted by molar-refractivity contribution is 0.0696. The largest absolute Gasteiger partial charge is 0.478 e. The lowest BCUT2D eigenvalue weighted by atomic mass is 9.87. The van der Waals surface area contributed by atoms with Crippen LogP contribution in [0, 0.1) is 19.3 Å². The average Bonchev–Trinajstić information content (AvgIpc) is 2.56. The molecule has 4 heteroatoms. The van der Waals surface area contributed by atoms with Gasteiger partial charge in [-0.1, -0.05) is 20.3 Å². The summed E-state index contributed by atoms with van der Waals surface area (Å²) >= 11 is 0. The van der Waals surface area contributed by atoms with Gasteiger partial charge in [-0.15, -0.1) is 0 Å². The van der Waals surface area contributed by atoms with Crippen LogP contribution in [0.4, 0.5) is 5.82 Å². The summed E-state index contributed by atoms with van der Waals surface area (Å²) in [4.78, 5) is 15.8. The summed E-state index contributed by atoms with van der Waals surface area (Å²) in [5.41, 5.74) is 2.10. The number of aromatic nitrogens is 1. The van der Waals surface area contributed by atoms with E-state index in [1.807, 2.05) is 19.9 Å². The second-order valence-corrected chi connectivity index (χ2v) is 6.19. The van der Waals surface area contributed by atoms with E-state index in [2.05, 4.69) is 24.1 Å². The van der Waals surface area contributed by atoms with Crippen molar-refractivity contribution < 1.29 is 9.90 Å². The van der Waals surface area contributed by atoms with Crippen LogP contribution in [0.3, 0.4) is 0 Å². The molecular weight excluding hydrogens is 240 g/mol. The highest BCUT2D eigenvalue weighted by molar-refractivity contribution is 5.94. The summed E-state index contributed by atoms with van der Waals surface area (Å²) in [7, 11) is 0. The second-order valence-electron chi connectivity index (χ2n) is 6.19. The van der Waals surface area contributed by atoms with Gasteiger partial charge in [-0.2, -0.15) is 0 Å². The van der Waals surface area contributed by atoms with Gasteiger partial charge in [0.1, 0.15) is 11.4 Å². The summed E-state index contributed by atoms with van der Waals surface area (Å²) in [6, 6.07) is 2.10. The highest BCUT2D eigenvalue weighted by Gasteiger charge is 2.35. The van der Waals surface area contributed by atoms with E-state index in [-0.39, 0.29) is 5.41 Å². The molecule has 0 spiro atoms. The van der Waals surface area contributed by atoms with E-state index < -0.39 is 5.97 Å². The first-order valence-corrected chi connectivity index (χ1v) is 6.79. The van der Waals surface area contributed by atoms with E-state index in [9.17, 15) is 9.90 Å². The molecule has 0 amide bonds. The van der Waals surface area contributed by atoms with Gasteiger partial charge in [-0.3, -0.25) is 0 Å². The summed E-state index contributed by atoms with van der Waals surface area (Å²) < 4.78 is 0. The Balaban J connectivity index is 2.37. The maximum absolute atomic E-state index is 11.4.